The number of pyridine rings is 1. The van der Waals surface area contributed by atoms with Crippen molar-refractivity contribution < 1.29 is 27.8 Å². The van der Waals surface area contributed by atoms with Crippen LogP contribution in [0.2, 0.25) is 0 Å². The molecule has 184 valence electrons. The van der Waals surface area contributed by atoms with E-state index in [2.05, 4.69) is 11.1 Å². The summed E-state index contributed by atoms with van der Waals surface area (Å²) >= 11 is 1.64. The molecular formula is C26H27NO6S2. The van der Waals surface area contributed by atoms with Gasteiger partial charge in [0, 0.05) is 35.1 Å². The second-order valence-electron chi connectivity index (χ2n) is 8.51. The molecule has 2 aromatic carbocycles. The van der Waals surface area contributed by atoms with Gasteiger partial charge in [0.2, 0.25) is 5.88 Å². The first kappa shape index (κ1) is 25.1. The highest BCUT2D eigenvalue weighted by Gasteiger charge is 2.26. The van der Waals surface area contributed by atoms with Gasteiger partial charge in [-0.05, 0) is 46.9 Å². The third kappa shape index (κ3) is 7.22. The van der Waals surface area contributed by atoms with Gasteiger partial charge in [-0.3, -0.25) is 4.79 Å². The van der Waals surface area contributed by atoms with Gasteiger partial charge in [-0.15, -0.1) is 11.8 Å². The van der Waals surface area contributed by atoms with Gasteiger partial charge in [-0.25, -0.2) is 13.4 Å². The van der Waals surface area contributed by atoms with Gasteiger partial charge in [0.25, 0.3) is 0 Å². The second kappa shape index (κ2) is 11.1. The minimum absolute atomic E-state index is 0.00462. The Hall–Kier alpha value is -3.04. The first-order valence-electron chi connectivity index (χ1n) is 11.2. The molecule has 0 radical (unpaired) electrons. The van der Waals surface area contributed by atoms with Crippen LogP contribution in [0.3, 0.4) is 0 Å². The van der Waals surface area contributed by atoms with Crippen LogP contribution in [0.5, 0.6) is 11.6 Å². The lowest BCUT2D eigenvalue weighted by molar-refractivity contribution is -0.137. The predicted molar refractivity (Wildman–Crippen MR) is 136 cm³/mol. The number of ether oxygens (including phenoxy) is 2. The van der Waals surface area contributed by atoms with E-state index in [9.17, 15) is 13.2 Å². The molecule has 9 heteroatoms. The van der Waals surface area contributed by atoms with Crippen LogP contribution in [0.4, 0.5) is 0 Å². The van der Waals surface area contributed by atoms with E-state index in [1.165, 1.54) is 6.26 Å². The average Bonchev–Trinajstić information content (AvgIpc) is 3.22. The van der Waals surface area contributed by atoms with Crippen LogP contribution in [0.1, 0.15) is 29.9 Å². The number of rotatable bonds is 11. The van der Waals surface area contributed by atoms with E-state index >= 15 is 0 Å². The third-order valence-electron chi connectivity index (χ3n) is 5.60. The zero-order chi connectivity index (χ0) is 24.8. The number of benzene rings is 2. The number of hydrogen-bond donors (Lipinski definition) is 1. The Kier molecular flexibility index (Phi) is 7.97. The van der Waals surface area contributed by atoms with Crippen LogP contribution in [-0.4, -0.2) is 48.8 Å². The largest absolute Gasteiger partial charge is 0.494 e. The van der Waals surface area contributed by atoms with Gasteiger partial charge in [-0.1, -0.05) is 30.3 Å². The van der Waals surface area contributed by atoms with E-state index < -0.39 is 15.8 Å². The summed E-state index contributed by atoms with van der Waals surface area (Å²) in [7, 11) is -2.97. The smallest absolute Gasteiger partial charge is 0.303 e. The van der Waals surface area contributed by atoms with Crippen molar-refractivity contribution in [2.24, 2.45) is 0 Å². The Morgan fingerprint density at radius 2 is 1.91 bits per heavy atom. The fourth-order valence-corrected chi connectivity index (χ4v) is 5.74. The number of carbonyl (C=O) groups is 1. The van der Waals surface area contributed by atoms with Crippen molar-refractivity contribution >= 4 is 27.6 Å². The molecule has 3 aromatic rings. The SMILES string of the molecule is CS(=O)(=O)CCCOc1ccc(-c2cccc(COc3cc4c(cn3)C(CC(=O)O)CS4)c2)cc1. The summed E-state index contributed by atoms with van der Waals surface area (Å²) < 4.78 is 34.0. The first-order valence-corrected chi connectivity index (χ1v) is 14.3. The maximum absolute atomic E-state index is 11.2. The molecule has 0 aliphatic carbocycles. The highest BCUT2D eigenvalue weighted by atomic mass is 32.2. The second-order valence-corrected chi connectivity index (χ2v) is 11.8. The van der Waals surface area contributed by atoms with Crippen molar-refractivity contribution in [2.75, 3.05) is 24.4 Å². The molecule has 35 heavy (non-hydrogen) atoms. The van der Waals surface area contributed by atoms with E-state index in [4.69, 9.17) is 14.6 Å². The Labute approximate surface area is 209 Å². The molecule has 1 N–H and O–H groups in total. The summed E-state index contributed by atoms with van der Waals surface area (Å²) in [4.78, 5) is 16.5. The van der Waals surface area contributed by atoms with Crippen LogP contribution in [-0.2, 0) is 21.2 Å². The molecule has 4 rings (SSSR count). The summed E-state index contributed by atoms with van der Waals surface area (Å²) in [6.07, 6.45) is 3.54. The van der Waals surface area contributed by atoms with Crippen molar-refractivity contribution in [3.05, 3.63) is 71.9 Å². The standard InChI is InChI=1S/C26H27NO6S2/c1-35(30,31)11-3-10-32-22-8-6-19(7-9-22)20-5-2-4-18(12-20)16-33-25-14-24-23(15-27-25)21(17-34-24)13-26(28)29/h2,4-9,12,14-15,21H,3,10-11,13,16-17H2,1H3,(H,28,29). The summed E-state index contributed by atoms with van der Waals surface area (Å²) in [5.41, 5.74) is 4.06. The van der Waals surface area contributed by atoms with Crippen LogP contribution in [0, 0.1) is 0 Å². The van der Waals surface area contributed by atoms with E-state index in [0.29, 0.717) is 31.3 Å². The molecule has 0 fully saturated rings. The molecule has 1 atom stereocenters. The third-order valence-corrected chi connectivity index (χ3v) is 7.86. The normalized spacial score (nSPS) is 14.9. The minimum Gasteiger partial charge on any atom is -0.494 e. The Morgan fingerprint density at radius 1 is 1.11 bits per heavy atom. The molecule has 7 nitrogen and oxygen atoms in total. The van der Waals surface area contributed by atoms with Gasteiger partial charge in [0.05, 0.1) is 18.8 Å². The van der Waals surface area contributed by atoms with E-state index in [1.807, 2.05) is 48.5 Å². The van der Waals surface area contributed by atoms with E-state index in [0.717, 1.165) is 32.9 Å². The summed E-state index contributed by atoms with van der Waals surface area (Å²) in [5, 5.41) is 9.07. The average molecular weight is 514 g/mol. The number of fused-ring (bicyclic) bond motifs is 1. The zero-order valence-corrected chi connectivity index (χ0v) is 21.0. The highest BCUT2D eigenvalue weighted by molar-refractivity contribution is 7.99. The van der Waals surface area contributed by atoms with Gasteiger partial charge in [0.15, 0.2) is 0 Å². The van der Waals surface area contributed by atoms with Crippen molar-refractivity contribution in [3.63, 3.8) is 0 Å². The van der Waals surface area contributed by atoms with Crippen molar-refractivity contribution in [1.82, 2.24) is 4.98 Å². The lowest BCUT2D eigenvalue weighted by Gasteiger charge is -2.10. The number of hydrogen-bond acceptors (Lipinski definition) is 7. The number of aliphatic carboxylic acids is 1. The van der Waals surface area contributed by atoms with E-state index in [-0.39, 0.29) is 18.1 Å². The lowest BCUT2D eigenvalue weighted by atomic mass is 10.00. The number of sulfone groups is 1. The quantitative estimate of drug-likeness (QED) is 0.365. The summed E-state index contributed by atoms with van der Waals surface area (Å²) in [6.45, 7) is 0.721. The van der Waals surface area contributed by atoms with Crippen LogP contribution in [0.15, 0.2) is 65.7 Å². The Bertz CT molecular complexity index is 1290. The number of aromatic nitrogens is 1. The van der Waals surface area contributed by atoms with Gasteiger partial charge in [0.1, 0.15) is 22.2 Å². The fraction of sp³-hybridized carbons (Fsp3) is 0.308. The number of nitrogens with zero attached hydrogens (tertiary/aromatic N) is 1. The van der Waals surface area contributed by atoms with Crippen molar-refractivity contribution in [3.8, 4) is 22.8 Å². The molecule has 1 aliphatic heterocycles. The molecule has 0 bridgehead atoms. The highest BCUT2D eigenvalue weighted by Crippen LogP contribution is 2.42. The summed E-state index contributed by atoms with van der Waals surface area (Å²) in [6, 6.07) is 17.6. The molecule has 1 aromatic heterocycles. The number of thioether (sulfide) groups is 1. The monoisotopic (exact) mass is 513 g/mol. The summed E-state index contributed by atoms with van der Waals surface area (Å²) in [5.74, 6) is 1.29. The van der Waals surface area contributed by atoms with Gasteiger partial charge in [-0.2, -0.15) is 0 Å². The Balaban J connectivity index is 1.34. The molecule has 1 unspecified atom stereocenters. The first-order chi connectivity index (χ1) is 16.8. The fourth-order valence-electron chi connectivity index (χ4n) is 3.85. The molecular weight excluding hydrogens is 486 g/mol. The van der Waals surface area contributed by atoms with Gasteiger partial charge >= 0.3 is 5.97 Å². The van der Waals surface area contributed by atoms with Crippen LogP contribution in [0.25, 0.3) is 11.1 Å². The number of carboxylic acids is 1. The van der Waals surface area contributed by atoms with Crippen LogP contribution < -0.4 is 9.47 Å². The predicted octanol–water partition coefficient (Wildman–Crippen LogP) is 4.81. The molecule has 1 aliphatic rings. The lowest BCUT2D eigenvalue weighted by Crippen LogP contribution is -2.07. The minimum atomic E-state index is -2.97. The maximum Gasteiger partial charge on any atom is 0.303 e. The topological polar surface area (TPSA) is 103 Å². The van der Waals surface area contributed by atoms with E-state index in [1.54, 1.807) is 18.0 Å². The Morgan fingerprint density at radius 3 is 2.66 bits per heavy atom. The zero-order valence-electron chi connectivity index (χ0n) is 19.3. The molecule has 2 heterocycles. The van der Waals surface area contributed by atoms with Gasteiger partial charge < -0.3 is 14.6 Å². The molecule has 0 saturated heterocycles. The molecule has 0 saturated carbocycles. The molecule has 0 amide bonds. The maximum atomic E-state index is 11.2. The van der Waals surface area contributed by atoms with Crippen molar-refractivity contribution in [2.45, 2.75) is 30.3 Å². The van der Waals surface area contributed by atoms with Crippen molar-refractivity contribution in [1.29, 1.82) is 0 Å². The molecule has 0 spiro atoms. The number of carboxylic acid groups (broad SMARTS) is 1. The van der Waals surface area contributed by atoms with Crippen LogP contribution >= 0.6 is 11.8 Å².